The summed E-state index contributed by atoms with van der Waals surface area (Å²) in [4.78, 5) is 39.4. The van der Waals surface area contributed by atoms with E-state index in [4.69, 9.17) is 9.84 Å². The third kappa shape index (κ3) is 5.38. The van der Waals surface area contributed by atoms with Gasteiger partial charge in [-0.1, -0.05) is 15.9 Å². The predicted molar refractivity (Wildman–Crippen MR) is 115 cm³/mol. The maximum atomic E-state index is 12.6. The number of carbonyl (C=O) groups excluding carboxylic acids is 2. The quantitative estimate of drug-likeness (QED) is 0.694. The summed E-state index contributed by atoms with van der Waals surface area (Å²) >= 11 is 3.44. The van der Waals surface area contributed by atoms with E-state index in [-0.39, 0.29) is 23.8 Å². The fourth-order valence-electron chi connectivity index (χ4n) is 3.22. The molecule has 1 N–H and O–H groups in total. The molecule has 0 saturated carbocycles. The van der Waals surface area contributed by atoms with Crippen molar-refractivity contribution in [3.8, 4) is 5.75 Å². The second kappa shape index (κ2) is 9.75. The number of piperazine rings is 1. The van der Waals surface area contributed by atoms with Crippen molar-refractivity contribution in [1.82, 2.24) is 9.80 Å². The number of rotatable bonds is 6. The lowest BCUT2D eigenvalue weighted by Crippen LogP contribution is -2.50. The molecule has 0 aromatic heterocycles. The average Bonchev–Trinajstić information content (AvgIpc) is 2.76. The Morgan fingerprint density at radius 2 is 1.57 bits per heavy atom. The van der Waals surface area contributed by atoms with Crippen LogP contribution in [0.1, 0.15) is 32.7 Å². The molecule has 30 heavy (non-hydrogen) atoms. The molecule has 1 fully saturated rings. The van der Waals surface area contributed by atoms with E-state index in [1.807, 2.05) is 25.1 Å². The lowest BCUT2D eigenvalue weighted by molar-refractivity contribution is -0.133. The van der Waals surface area contributed by atoms with Crippen LogP contribution in [0.5, 0.6) is 5.75 Å². The van der Waals surface area contributed by atoms with Crippen LogP contribution >= 0.6 is 15.9 Å². The number of ether oxygens (including phenoxy) is 1. The Morgan fingerprint density at radius 3 is 2.17 bits per heavy atom. The molecular formula is C22H23BrN2O5. The zero-order valence-corrected chi connectivity index (χ0v) is 18.2. The third-order valence-electron chi connectivity index (χ3n) is 5.01. The zero-order valence-electron chi connectivity index (χ0n) is 16.6. The molecule has 1 saturated heterocycles. The van der Waals surface area contributed by atoms with Gasteiger partial charge in [-0.3, -0.25) is 9.59 Å². The van der Waals surface area contributed by atoms with Gasteiger partial charge in [-0.05, 0) is 55.0 Å². The van der Waals surface area contributed by atoms with Gasteiger partial charge in [-0.2, -0.15) is 0 Å². The number of aromatic carboxylic acids is 1. The number of hydrogen-bond acceptors (Lipinski definition) is 4. The van der Waals surface area contributed by atoms with Gasteiger partial charge in [-0.15, -0.1) is 0 Å². The first kappa shape index (κ1) is 21.8. The van der Waals surface area contributed by atoms with Crippen molar-refractivity contribution in [2.75, 3.05) is 32.8 Å². The van der Waals surface area contributed by atoms with Crippen molar-refractivity contribution < 1.29 is 24.2 Å². The number of carbonyl (C=O) groups is 3. The van der Waals surface area contributed by atoms with E-state index in [9.17, 15) is 14.4 Å². The van der Waals surface area contributed by atoms with Gasteiger partial charge in [-0.25, -0.2) is 4.79 Å². The van der Waals surface area contributed by atoms with E-state index in [0.29, 0.717) is 38.3 Å². The minimum Gasteiger partial charge on any atom is -0.493 e. The first-order chi connectivity index (χ1) is 14.3. The number of carboxylic acids is 1. The van der Waals surface area contributed by atoms with Crippen LogP contribution in [0.15, 0.2) is 46.9 Å². The Hall–Kier alpha value is -2.87. The van der Waals surface area contributed by atoms with E-state index in [0.717, 1.165) is 15.8 Å². The maximum Gasteiger partial charge on any atom is 0.335 e. The molecule has 158 valence electrons. The smallest absolute Gasteiger partial charge is 0.335 e. The van der Waals surface area contributed by atoms with Gasteiger partial charge in [0, 0.05) is 36.2 Å². The van der Waals surface area contributed by atoms with E-state index in [2.05, 4.69) is 15.9 Å². The summed E-state index contributed by atoms with van der Waals surface area (Å²) in [5, 5.41) is 8.95. The third-order valence-corrected chi connectivity index (χ3v) is 5.90. The second-order valence-corrected chi connectivity index (χ2v) is 7.92. The highest BCUT2D eigenvalue weighted by molar-refractivity contribution is 9.10. The molecule has 0 atom stereocenters. The van der Waals surface area contributed by atoms with Crippen molar-refractivity contribution in [2.45, 2.75) is 13.3 Å². The van der Waals surface area contributed by atoms with E-state index in [1.54, 1.807) is 9.80 Å². The van der Waals surface area contributed by atoms with Gasteiger partial charge in [0.15, 0.2) is 0 Å². The van der Waals surface area contributed by atoms with E-state index >= 15 is 0 Å². The molecule has 1 heterocycles. The van der Waals surface area contributed by atoms with Crippen LogP contribution in [-0.4, -0.2) is 65.5 Å². The number of amides is 2. The molecule has 0 spiro atoms. The first-order valence-electron chi connectivity index (χ1n) is 9.64. The van der Waals surface area contributed by atoms with Crippen LogP contribution in [0, 0.1) is 6.92 Å². The molecule has 0 unspecified atom stereocenters. The highest BCUT2D eigenvalue weighted by Gasteiger charge is 2.24. The summed E-state index contributed by atoms with van der Waals surface area (Å²) in [6.45, 7) is 4.10. The van der Waals surface area contributed by atoms with Crippen molar-refractivity contribution in [2.24, 2.45) is 0 Å². The molecule has 0 aliphatic carbocycles. The minimum atomic E-state index is -1.03. The summed E-state index contributed by atoms with van der Waals surface area (Å²) in [5.74, 6) is -0.456. The molecule has 2 amide bonds. The van der Waals surface area contributed by atoms with Crippen molar-refractivity contribution in [3.63, 3.8) is 0 Å². The molecular weight excluding hydrogens is 452 g/mol. The molecule has 3 rings (SSSR count). The molecule has 1 aliphatic heterocycles. The van der Waals surface area contributed by atoms with Crippen LogP contribution in [-0.2, 0) is 4.79 Å². The van der Waals surface area contributed by atoms with Crippen LogP contribution in [0.3, 0.4) is 0 Å². The standard InChI is InChI=1S/C22H23BrN2O5/c1-15-14-18(6-7-19(15)23)30-13-8-20(26)24-9-11-25(12-10-24)21(27)16-2-4-17(5-3-16)22(28)29/h2-7,14H,8-13H2,1H3,(H,28,29). The molecule has 0 bridgehead atoms. The molecule has 1 aliphatic rings. The van der Waals surface area contributed by atoms with Crippen LogP contribution in [0.2, 0.25) is 0 Å². The first-order valence-corrected chi connectivity index (χ1v) is 10.4. The zero-order chi connectivity index (χ0) is 21.7. The number of hydrogen-bond donors (Lipinski definition) is 1. The molecule has 7 nitrogen and oxygen atoms in total. The Balaban J connectivity index is 1.45. The Kier molecular flexibility index (Phi) is 7.10. The largest absolute Gasteiger partial charge is 0.493 e. The van der Waals surface area contributed by atoms with Gasteiger partial charge < -0.3 is 19.6 Å². The van der Waals surface area contributed by atoms with E-state index < -0.39 is 5.97 Å². The van der Waals surface area contributed by atoms with Crippen LogP contribution < -0.4 is 4.74 Å². The summed E-state index contributed by atoms with van der Waals surface area (Å²) in [6, 6.07) is 11.6. The van der Waals surface area contributed by atoms with Crippen molar-refractivity contribution in [1.29, 1.82) is 0 Å². The molecule has 0 radical (unpaired) electrons. The van der Waals surface area contributed by atoms with Crippen molar-refractivity contribution >= 4 is 33.7 Å². The topological polar surface area (TPSA) is 87.2 Å². The van der Waals surface area contributed by atoms with Crippen molar-refractivity contribution in [3.05, 3.63) is 63.6 Å². The van der Waals surface area contributed by atoms with Crippen LogP contribution in [0.25, 0.3) is 0 Å². The molecule has 2 aromatic rings. The number of aryl methyl sites for hydroxylation is 1. The van der Waals surface area contributed by atoms with Gasteiger partial charge >= 0.3 is 5.97 Å². The SMILES string of the molecule is Cc1cc(OCCC(=O)N2CCN(C(=O)c3ccc(C(=O)O)cc3)CC2)ccc1Br. The Bertz CT molecular complexity index is 937. The molecule has 2 aromatic carbocycles. The summed E-state index contributed by atoms with van der Waals surface area (Å²) in [5.41, 5.74) is 1.65. The lowest BCUT2D eigenvalue weighted by atomic mass is 10.1. The van der Waals surface area contributed by atoms with Gasteiger partial charge in [0.25, 0.3) is 5.91 Å². The molecule has 8 heteroatoms. The second-order valence-electron chi connectivity index (χ2n) is 7.06. The van der Waals surface area contributed by atoms with Gasteiger partial charge in [0.2, 0.25) is 5.91 Å². The van der Waals surface area contributed by atoms with E-state index in [1.165, 1.54) is 24.3 Å². The number of carboxylic acid groups (broad SMARTS) is 1. The van der Waals surface area contributed by atoms with Crippen LogP contribution in [0.4, 0.5) is 0 Å². The number of halogens is 1. The Labute approximate surface area is 183 Å². The maximum absolute atomic E-state index is 12.6. The highest BCUT2D eigenvalue weighted by Crippen LogP contribution is 2.21. The van der Waals surface area contributed by atoms with Gasteiger partial charge in [0.05, 0.1) is 18.6 Å². The number of nitrogens with zero attached hydrogens (tertiary/aromatic N) is 2. The highest BCUT2D eigenvalue weighted by atomic mass is 79.9. The monoisotopic (exact) mass is 474 g/mol. The lowest BCUT2D eigenvalue weighted by Gasteiger charge is -2.35. The average molecular weight is 475 g/mol. The summed E-state index contributed by atoms with van der Waals surface area (Å²) in [7, 11) is 0. The predicted octanol–water partition coefficient (Wildman–Crippen LogP) is 3.21. The fourth-order valence-corrected chi connectivity index (χ4v) is 3.46. The normalized spacial score (nSPS) is 13.8. The summed E-state index contributed by atoms with van der Waals surface area (Å²) < 4.78 is 6.68. The number of benzene rings is 2. The van der Waals surface area contributed by atoms with Gasteiger partial charge in [0.1, 0.15) is 5.75 Å². The fraction of sp³-hybridized carbons (Fsp3) is 0.318. The summed E-state index contributed by atoms with van der Waals surface area (Å²) in [6.07, 6.45) is 0.277. The Morgan fingerprint density at radius 1 is 0.967 bits per heavy atom. The minimum absolute atomic E-state index is 0.00161.